The Morgan fingerprint density at radius 1 is 0.684 bits per heavy atom. The lowest BCUT2D eigenvalue weighted by Crippen LogP contribution is -2.42. The molecule has 0 aliphatic rings. The van der Waals surface area contributed by atoms with Gasteiger partial charge in [-0.05, 0) is 24.0 Å². The van der Waals surface area contributed by atoms with E-state index in [0.717, 1.165) is 11.1 Å². The third-order valence-corrected chi connectivity index (χ3v) is 5.01. The summed E-state index contributed by atoms with van der Waals surface area (Å²) in [5.74, 6) is -4.27. The van der Waals surface area contributed by atoms with Gasteiger partial charge >= 0.3 is 11.9 Å². The van der Waals surface area contributed by atoms with E-state index in [4.69, 9.17) is 21.7 Å². The van der Waals surface area contributed by atoms with Crippen molar-refractivity contribution in [2.45, 2.75) is 50.6 Å². The van der Waals surface area contributed by atoms with Crippen molar-refractivity contribution in [1.29, 1.82) is 0 Å². The van der Waals surface area contributed by atoms with E-state index < -0.39 is 47.7 Å². The number of carboxylic acids is 2. The molecule has 2 unspecified atom stereocenters. The standard InChI is InChI=1S/2C13H16N2O4/c14-11(16)7-6-10(13(18)19)15-12(17)8-9-4-2-1-3-5-9;14-10(13(18)19)6-7-11(16)15-12(17)8-9-4-2-1-3-5-9/h1-5,10H,6-8H2,(H2,14,16)(H,15,17)(H,18,19);1-5,10H,6-8,14H2,(H,18,19)(H,15,16,17). The molecule has 12 heteroatoms. The highest BCUT2D eigenvalue weighted by molar-refractivity contribution is 5.96. The molecule has 204 valence electrons. The fraction of sp³-hybridized carbons (Fsp3) is 0.308. The molecule has 38 heavy (non-hydrogen) atoms. The predicted molar refractivity (Wildman–Crippen MR) is 136 cm³/mol. The second kappa shape index (κ2) is 17.0. The number of aliphatic carboxylic acids is 2. The highest BCUT2D eigenvalue weighted by Gasteiger charge is 2.20. The molecule has 2 rings (SSSR count). The number of carbonyl (C=O) groups is 6. The van der Waals surface area contributed by atoms with Gasteiger partial charge in [0, 0.05) is 12.8 Å². The van der Waals surface area contributed by atoms with Crippen molar-refractivity contribution in [2.75, 3.05) is 0 Å². The normalized spacial score (nSPS) is 11.6. The van der Waals surface area contributed by atoms with Crippen LogP contribution in [-0.2, 0) is 41.6 Å². The largest absolute Gasteiger partial charge is 0.480 e. The minimum atomic E-state index is -1.18. The summed E-state index contributed by atoms with van der Waals surface area (Å²) in [5.41, 5.74) is 11.8. The molecule has 0 fully saturated rings. The first kappa shape index (κ1) is 31.4. The molecule has 0 saturated carbocycles. The lowest BCUT2D eigenvalue weighted by molar-refractivity contribution is -0.142. The summed E-state index contributed by atoms with van der Waals surface area (Å²) in [4.78, 5) is 66.6. The monoisotopic (exact) mass is 528 g/mol. The number of hydrogen-bond acceptors (Lipinski definition) is 7. The Morgan fingerprint density at radius 2 is 1.18 bits per heavy atom. The number of hydrogen-bond donors (Lipinski definition) is 6. The molecule has 4 amide bonds. The van der Waals surface area contributed by atoms with Gasteiger partial charge < -0.3 is 27.0 Å². The van der Waals surface area contributed by atoms with Crippen LogP contribution in [0.4, 0.5) is 0 Å². The van der Waals surface area contributed by atoms with Crippen LogP contribution in [0.3, 0.4) is 0 Å². The molecule has 0 aliphatic heterocycles. The maximum atomic E-state index is 11.7. The molecule has 0 spiro atoms. The van der Waals surface area contributed by atoms with Crippen LogP contribution in [0.2, 0.25) is 0 Å². The molecule has 0 aliphatic carbocycles. The first-order valence-electron chi connectivity index (χ1n) is 11.7. The summed E-state index contributed by atoms with van der Waals surface area (Å²) in [7, 11) is 0. The van der Waals surface area contributed by atoms with E-state index >= 15 is 0 Å². The number of rotatable bonds is 13. The van der Waals surface area contributed by atoms with Gasteiger partial charge in [0.2, 0.25) is 23.6 Å². The highest BCUT2D eigenvalue weighted by Crippen LogP contribution is 2.03. The van der Waals surface area contributed by atoms with Crippen molar-refractivity contribution in [3.63, 3.8) is 0 Å². The van der Waals surface area contributed by atoms with Crippen LogP contribution in [0.1, 0.15) is 36.8 Å². The summed E-state index contributed by atoms with van der Waals surface area (Å²) in [6.07, 6.45) is 0.0281. The molecule has 0 bridgehead atoms. The number of imide groups is 1. The van der Waals surface area contributed by atoms with E-state index in [1.807, 2.05) is 12.1 Å². The van der Waals surface area contributed by atoms with Crippen LogP contribution in [0.25, 0.3) is 0 Å². The summed E-state index contributed by atoms with van der Waals surface area (Å²) in [6, 6.07) is 15.8. The molecule has 0 saturated heterocycles. The average molecular weight is 529 g/mol. The van der Waals surface area contributed by atoms with Gasteiger partial charge in [0.1, 0.15) is 12.1 Å². The van der Waals surface area contributed by atoms with Gasteiger partial charge in [-0.1, -0.05) is 60.7 Å². The summed E-state index contributed by atoms with van der Waals surface area (Å²) < 4.78 is 0. The Bertz CT molecular complexity index is 1090. The van der Waals surface area contributed by atoms with E-state index in [0.29, 0.717) is 0 Å². The number of carbonyl (C=O) groups excluding carboxylic acids is 4. The quantitative estimate of drug-likeness (QED) is 0.208. The van der Waals surface area contributed by atoms with E-state index in [2.05, 4.69) is 10.6 Å². The molecule has 0 radical (unpaired) electrons. The van der Waals surface area contributed by atoms with Gasteiger partial charge in [-0.3, -0.25) is 29.3 Å². The first-order chi connectivity index (χ1) is 18.0. The van der Waals surface area contributed by atoms with Crippen molar-refractivity contribution < 1.29 is 39.0 Å². The van der Waals surface area contributed by atoms with E-state index in [-0.39, 0.29) is 38.5 Å². The molecule has 12 nitrogen and oxygen atoms in total. The van der Waals surface area contributed by atoms with Crippen molar-refractivity contribution in [2.24, 2.45) is 11.5 Å². The third kappa shape index (κ3) is 14.1. The SMILES string of the molecule is NC(=O)CCC(NC(=O)Cc1ccccc1)C(=O)O.NC(CCC(=O)NC(=O)Cc1ccccc1)C(=O)O. The highest BCUT2D eigenvalue weighted by atomic mass is 16.4. The van der Waals surface area contributed by atoms with Crippen LogP contribution in [0.5, 0.6) is 0 Å². The van der Waals surface area contributed by atoms with Gasteiger partial charge in [0.25, 0.3) is 0 Å². The Balaban J connectivity index is 0.000000380. The minimum absolute atomic E-state index is 0.000215. The Kier molecular flexibility index (Phi) is 14.1. The fourth-order valence-corrected chi connectivity index (χ4v) is 3.02. The number of benzene rings is 2. The molecule has 0 heterocycles. The van der Waals surface area contributed by atoms with Crippen molar-refractivity contribution >= 4 is 35.6 Å². The molecule has 2 aromatic rings. The maximum Gasteiger partial charge on any atom is 0.326 e. The lowest BCUT2D eigenvalue weighted by Gasteiger charge is -2.13. The van der Waals surface area contributed by atoms with Crippen molar-refractivity contribution in [3.8, 4) is 0 Å². The molecular weight excluding hydrogens is 496 g/mol. The molecular formula is C26H32N4O8. The molecule has 2 aromatic carbocycles. The second-order valence-electron chi connectivity index (χ2n) is 8.24. The van der Waals surface area contributed by atoms with E-state index in [9.17, 15) is 28.8 Å². The van der Waals surface area contributed by atoms with Gasteiger partial charge in [0.05, 0.1) is 12.8 Å². The zero-order chi connectivity index (χ0) is 28.5. The lowest BCUT2D eigenvalue weighted by atomic mass is 10.1. The van der Waals surface area contributed by atoms with E-state index in [1.54, 1.807) is 48.5 Å². The van der Waals surface area contributed by atoms with Crippen molar-refractivity contribution in [3.05, 3.63) is 71.8 Å². The van der Waals surface area contributed by atoms with Crippen LogP contribution >= 0.6 is 0 Å². The van der Waals surface area contributed by atoms with Gasteiger partial charge in [-0.2, -0.15) is 0 Å². The number of carboxylic acid groups (broad SMARTS) is 2. The average Bonchev–Trinajstić information content (AvgIpc) is 2.86. The van der Waals surface area contributed by atoms with E-state index in [1.165, 1.54) is 0 Å². The fourth-order valence-electron chi connectivity index (χ4n) is 3.02. The number of amides is 4. The summed E-state index contributed by atoms with van der Waals surface area (Å²) in [5, 5.41) is 22.1. The molecule has 0 aromatic heterocycles. The maximum absolute atomic E-state index is 11.7. The number of nitrogens with two attached hydrogens (primary N) is 2. The third-order valence-electron chi connectivity index (χ3n) is 5.01. The zero-order valence-electron chi connectivity index (χ0n) is 20.7. The Morgan fingerprint density at radius 3 is 1.63 bits per heavy atom. The smallest absolute Gasteiger partial charge is 0.326 e. The number of primary amides is 1. The summed E-state index contributed by atoms with van der Waals surface area (Å²) >= 11 is 0. The second-order valence-corrected chi connectivity index (χ2v) is 8.24. The van der Waals surface area contributed by atoms with Crippen LogP contribution < -0.4 is 22.1 Å². The van der Waals surface area contributed by atoms with Gasteiger partial charge in [-0.25, -0.2) is 4.79 Å². The predicted octanol–water partition coefficient (Wildman–Crippen LogP) is 0.128. The van der Waals surface area contributed by atoms with Crippen LogP contribution in [0, 0.1) is 0 Å². The first-order valence-corrected chi connectivity index (χ1v) is 11.7. The minimum Gasteiger partial charge on any atom is -0.480 e. The Hall–Kier alpha value is -4.58. The molecule has 2 atom stereocenters. The molecule has 8 N–H and O–H groups in total. The number of nitrogens with one attached hydrogen (secondary N) is 2. The van der Waals surface area contributed by atoms with Gasteiger partial charge in [0.15, 0.2) is 0 Å². The van der Waals surface area contributed by atoms with Gasteiger partial charge in [-0.15, -0.1) is 0 Å². The van der Waals surface area contributed by atoms with Crippen LogP contribution in [0.15, 0.2) is 60.7 Å². The van der Waals surface area contributed by atoms with Crippen molar-refractivity contribution in [1.82, 2.24) is 10.6 Å². The Labute approximate surface area is 219 Å². The zero-order valence-corrected chi connectivity index (χ0v) is 20.7. The summed E-state index contributed by atoms with van der Waals surface area (Å²) in [6.45, 7) is 0. The topological polar surface area (TPSA) is 219 Å². The van der Waals surface area contributed by atoms with Crippen LogP contribution in [-0.4, -0.2) is 57.9 Å².